The Bertz CT molecular complexity index is 429. The Morgan fingerprint density at radius 2 is 1.62 bits per heavy atom. The van der Waals surface area contributed by atoms with Crippen LogP contribution in [0.5, 0.6) is 0 Å². The molecule has 1 fully saturated rings. The molecule has 1 aromatic rings. The number of anilines is 1. The fraction of sp³-hybridized carbons (Fsp3) is 0.273. The lowest BCUT2D eigenvalue weighted by atomic mass is 10.2. The van der Waals surface area contributed by atoms with Crippen LogP contribution in [-0.2, 0) is 9.59 Å². The summed E-state index contributed by atoms with van der Waals surface area (Å²) in [5.74, 6) is -0.254. The number of nitrogens with zero attached hydrogens (tertiary/aromatic N) is 1. The quantitative estimate of drug-likeness (QED) is 0.609. The molecule has 0 unspecified atom stereocenters. The van der Waals surface area contributed by atoms with Crippen LogP contribution in [0.2, 0.25) is 0 Å². The number of amides is 2. The minimum atomic E-state index is -0.127. The van der Waals surface area contributed by atoms with E-state index in [2.05, 4.69) is 31.9 Å². The third kappa shape index (κ3) is 2.06. The van der Waals surface area contributed by atoms with Crippen LogP contribution in [0.15, 0.2) is 24.3 Å². The highest BCUT2D eigenvalue weighted by Gasteiger charge is 2.32. The Hall–Kier alpha value is -0.680. The summed E-state index contributed by atoms with van der Waals surface area (Å²) in [5.41, 5.74) is 1.54. The van der Waals surface area contributed by atoms with Crippen LogP contribution >= 0.6 is 31.9 Å². The molecule has 0 aliphatic carbocycles. The normalized spacial score (nSPS) is 16.3. The highest BCUT2D eigenvalue weighted by atomic mass is 79.9. The summed E-state index contributed by atoms with van der Waals surface area (Å²) >= 11 is 6.78. The van der Waals surface area contributed by atoms with Crippen molar-refractivity contribution < 1.29 is 9.59 Å². The molecule has 2 rings (SSSR count). The van der Waals surface area contributed by atoms with Gasteiger partial charge in [0.2, 0.25) is 11.8 Å². The number of para-hydroxylation sites is 1. The smallest absolute Gasteiger partial charge is 0.234 e. The molecular formula is C11H9Br2NO2. The molecule has 5 heteroatoms. The summed E-state index contributed by atoms with van der Waals surface area (Å²) < 4.78 is -0.0719. The molecule has 0 N–H and O–H groups in total. The molecule has 84 valence electrons. The van der Waals surface area contributed by atoms with Gasteiger partial charge in [-0.25, -0.2) is 0 Å². The largest absolute Gasteiger partial charge is 0.274 e. The Morgan fingerprint density at radius 3 is 2.19 bits per heavy atom. The zero-order chi connectivity index (χ0) is 11.7. The third-order valence-electron chi connectivity index (χ3n) is 2.46. The fourth-order valence-corrected chi connectivity index (χ4v) is 2.50. The molecular weight excluding hydrogens is 338 g/mol. The number of hydrogen-bond donors (Lipinski definition) is 0. The number of carbonyl (C=O) groups excluding carboxylic acids is 2. The van der Waals surface area contributed by atoms with Gasteiger partial charge in [0.05, 0.1) is 9.42 Å². The number of benzene rings is 1. The monoisotopic (exact) mass is 345 g/mol. The van der Waals surface area contributed by atoms with Crippen LogP contribution in [0.1, 0.15) is 22.1 Å². The van der Waals surface area contributed by atoms with Crippen LogP contribution in [0, 0.1) is 0 Å². The van der Waals surface area contributed by atoms with Crippen molar-refractivity contribution in [2.24, 2.45) is 0 Å². The predicted octanol–water partition coefficient (Wildman–Crippen LogP) is 3.13. The second-order valence-electron chi connectivity index (χ2n) is 3.48. The Balaban J connectivity index is 2.47. The van der Waals surface area contributed by atoms with Crippen molar-refractivity contribution in [2.45, 2.75) is 16.6 Å². The fourth-order valence-electron chi connectivity index (χ4n) is 1.72. The first-order chi connectivity index (χ1) is 7.61. The first-order valence-corrected chi connectivity index (χ1v) is 6.67. The van der Waals surface area contributed by atoms with Crippen molar-refractivity contribution in [2.75, 3.05) is 4.90 Å². The van der Waals surface area contributed by atoms with Gasteiger partial charge in [-0.1, -0.05) is 50.1 Å². The summed E-state index contributed by atoms with van der Waals surface area (Å²) in [6, 6.07) is 7.35. The van der Waals surface area contributed by atoms with E-state index in [1.807, 2.05) is 18.2 Å². The Kier molecular flexibility index (Phi) is 3.44. The molecule has 1 aliphatic heterocycles. The van der Waals surface area contributed by atoms with Crippen molar-refractivity contribution >= 4 is 49.4 Å². The van der Waals surface area contributed by atoms with E-state index in [4.69, 9.17) is 0 Å². The van der Waals surface area contributed by atoms with Gasteiger partial charge in [0.1, 0.15) is 0 Å². The molecule has 3 nitrogen and oxygen atoms in total. The maximum atomic E-state index is 11.6. The van der Waals surface area contributed by atoms with Gasteiger partial charge in [0.25, 0.3) is 0 Å². The highest BCUT2D eigenvalue weighted by molar-refractivity contribution is 9.24. The number of halogens is 2. The first-order valence-electron chi connectivity index (χ1n) is 4.84. The zero-order valence-electron chi connectivity index (χ0n) is 8.32. The third-order valence-corrected chi connectivity index (χ3v) is 3.45. The minimum Gasteiger partial charge on any atom is -0.274 e. The second kappa shape index (κ2) is 4.67. The summed E-state index contributed by atoms with van der Waals surface area (Å²) in [4.78, 5) is 24.5. The number of carbonyl (C=O) groups is 2. The van der Waals surface area contributed by atoms with Crippen molar-refractivity contribution in [3.05, 3.63) is 29.8 Å². The van der Waals surface area contributed by atoms with Crippen molar-refractivity contribution in [3.63, 3.8) is 0 Å². The topological polar surface area (TPSA) is 37.4 Å². The molecule has 0 aromatic heterocycles. The van der Waals surface area contributed by atoms with Gasteiger partial charge in [-0.05, 0) is 6.07 Å². The first kappa shape index (κ1) is 11.8. The van der Waals surface area contributed by atoms with Crippen molar-refractivity contribution in [1.29, 1.82) is 0 Å². The maximum absolute atomic E-state index is 11.6. The van der Waals surface area contributed by atoms with E-state index < -0.39 is 0 Å². The molecule has 0 saturated carbocycles. The summed E-state index contributed by atoms with van der Waals surface area (Å²) in [7, 11) is 0. The van der Waals surface area contributed by atoms with Gasteiger partial charge in [-0.3, -0.25) is 14.5 Å². The number of hydrogen-bond acceptors (Lipinski definition) is 2. The van der Waals surface area contributed by atoms with Crippen molar-refractivity contribution in [1.82, 2.24) is 0 Å². The molecule has 0 spiro atoms. The van der Waals surface area contributed by atoms with Gasteiger partial charge in [0, 0.05) is 18.4 Å². The van der Waals surface area contributed by atoms with Gasteiger partial charge >= 0.3 is 0 Å². The van der Waals surface area contributed by atoms with E-state index in [0.29, 0.717) is 18.5 Å². The Labute approximate surface area is 110 Å². The lowest BCUT2D eigenvalue weighted by Crippen LogP contribution is -2.29. The predicted molar refractivity (Wildman–Crippen MR) is 68.8 cm³/mol. The van der Waals surface area contributed by atoms with E-state index >= 15 is 0 Å². The van der Waals surface area contributed by atoms with Crippen molar-refractivity contribution in [3.8, 4) is 0 Å². The molecule has 1 heterocycles. The SMILES string of the molecule is O=C1CCC(=O)N1c1ccccc1C(Br)Br. The van der Waals surface area contributed by atoms with Gasteiger partial charge in [-0.15, -0.1) is 0 Å². The average molecular weight is 347 g/mol. The summed E-state index contributed by atoms with van der Waals surface area (Å²) in [6.45, 7) is 0. The van der Waals surface area contributed by atoms with E-state index in [1.54, 1.807) is 6.07 Å². The standard InChI is InChI=1S/C11H9Br2NO2/c12-11(13)7-3-1-2-4-8(7)14-9(15)5-6-10(14)16/h1-4,11H,5-6H2. The molecule has 1 saturated heterocycles. The summed E-state index contributed by atoms with van der Waals surface area (Å²) in [6.07, 6.45) is 0.616. The minimum absolute atomic E-state index is 0.0719. The molecule has 0 atom stereocenters. The Morgan fingerprint density at radius 1 is 1.06 bits per heavy atom. The van der Waals surface area contributed by atoms with E-state index in [9.17, 15) is 9.59 Å². The van der Waals surface area contributed by atoms with Crippen LogP contribution in [0.3, 0.4) is 0 Å². The van der Waals surface area contributed by atoms with Gasteiger partial charge in [0.15, 0.2) is 0 Å². The lowest BCUT2D eigenvalue weighted by molar-refractivity contribution is -0.121. The molecule has 2 amide bonds. The molecule has 0 bridgehead atoms. The van der Waals surface area contributed by atoms with E-state index in [-0.39, 0.29) is 15.6 Å². The second-order valence-corrected chi connectivity index (χ2v) is 6.54. The number of imide groups is 1. The average Bonchev–Trinajstić information content (AvgIpc) is 2.58. The van der Waals surface area contributed by atoms with Gasteiger partial charge in [-0.2, -0.15) is 0 Å². The number of alkyl halides is 2. The summed E-state index contributed by atoms with van der Waals surface area (Å²) in [5, 5.41) is 0. The lowest BCUT2D eigenvalue weighted by Gasteiger charge is -2.18. The van der Waals surface area contributed by atoms with E-state index in [0.717, 1.165) is 5.56 Å². The van der Waals surface area contributed by atoms with Crippen LogP contribution in [-0.4, -0.2) is 11.8 Å². The molecule has 1 aliphatic rings. The molecule has 1 aromatic carbocycles. The van der Waals surface area contributed by atoms with Crippen LogP contribution in [0.4, 0.5) is 5.69 Å². The van der Waals surface area contributed by atoms with Crippen LogP contribution in [0.25, 0.3) is 0 Å². The number of rotatable bonds is 2. The van der Waals surface area contributed by atoms with Gasteiger partial charge < -0.3 is 0 Å². The zero-order valence-corrected chi connectivity index (χ0v) is 11.5. The molecule has 16 heavy (non-hydrogen) atoms. The van der Waals surface area contributed by atoms with E-state index in [1.165, 1.54) is 4.90 Å². The maximum Gasteiger partial charge on any atom is 0.234 e. The van der Waals surface area contributed by atoms with Crippen LogP contribution < -0.4 is 4.90 Å². The molecule has 0 radical (unpaired) electrons. The highest BCUT2D eigenvalue weighted by Crippen LogP contribution is 2.37.